The summed E-state index contributed by atoms with van der Waals surface area (Å²) in [4.78, 5) is 23.2. The normalized spacial score (nSPS) is 13.0. The van der Waals surface area contributed by atoms with Crippen molar-refractivity contribution in [1.29, 1.82) is 0 Å². The summed E-state index contributed by atoms with van der Waals surface area (Å²) in [6, 6.07) is 4.31. The summed E-state index contributed by atoms with van der Waals surface area (Å²) in [6.45, 7) is 2.38. The molecular formula is C14H15ClF3NO3. The average Bonchev–Trinajstić information content (AvgIpc) is 2.35. The van der Waals surface area contributed by atoms with Crippen molar-refractivity contribution in [3.05, 3.63) is 34.9 Å². The lowest BCUT2D eigenvalue weighted by atomic mass is 10.0. The molecule has 22 heavy (non-hydrogen) atoms. The number of alkyl halides is 3. The first-order chi connectivity index (χ1) is 10.0. The summed E-state index contributed by atoms with van der Waals surface area (Å²) < 4.78 is 38.3. The smallest absolute Gasteiger partial charge is 0.471 e. The molecule has 0 radical (unpaired) electrons. The van der Waals surface area contributed by atoms with Gasteiger partial charge in [-0.3, -0.25) is 4.79 Å². The van der Waals surface area contributed by atoms with Gasteiger partial charge in [0, 0.05) is 11.6 Å². The Balaban J connectivity index is 3.21. The molecule has 0 saturated heterocycles. The van der Waals surface area contributed by atoms with Crippen molar-refractivity contribution in [3.8, 4) is 0 Å². The van der Waals surface area contributed by atoms with Gasteiger partial charge in [0.2, 0.25) is 0 Å². The van der Waals surface area contributed by atoms with Crippen molar-refractivity contribution in [1.82, 2.24) is 4.90 Å². The van der Waals surface area contributed by atoms with Crippen LogP contribution in [-0.4, -0.2) is 34.1 Å². The van der Waals surface area contributed by atoms with Crippen molar-refractivity contribution in [2.75, 3.05) is 0 Å². The molecule has 122 valence electrons. The summed E-state index contributed by atoms with van der Waals surface area (Å²) in [6.07, 6.45) is -5.15. The number of benzene rings is 1. The third kappa shape index (κ3) is 4.62. The maximum atomic E-state index is 12.8. The van der Waals surface area contributed by atoms with E-state index in [2.05, 4.69) is 0 Å². The van der Waals surface area contributed by atoms with E-state index in [1.807, 2.05) is 0 Å². The summed E-state index contributed by atoms with van der Waals surface area (Å²) in [5.74, 6) is -4.37. The Bertz CT molecular complexity index is 561. The van der Waals surface area contributed by atoms with E-state index >= 15 is 0 Å². The van der Waals surface area contributed by atoms with E-state index in [-0.39, 0.29) is 5.02 Å². The van der Waals surface area contributed by atoms with E-state index in [1.54, 1.807) is 0 Å². The number of nitrogens with zero attached hydrogens (tertiary/aromatic N) is 1. The fraction of sp³-hybridized carbons (Fsp3) is 0.429. The van der Waals surface area contributed by atoms with Gasteiger partial charge in [-0.05, 0) is 23.6 Å². The number of rotatable bonds is 5. The minimum Gasteiger partial charge on any atom is -0.480 e. The molecular weight excluding hydrogens is 323 g/mol. The van der Waals surface area contributed by atoms with Crippen LogP contribution < -0.4 is 0 Å². The maximum absolute atomic E-state index is 12.8. The second-order valence-electron chi connectivity index (χ2n) is 5.09. The molecule has 1 aromatic carbocycles. The number of carbonyl (C=O) groups excluding carboxylic acids is 1. The van der Waals surface area contributed by atoms with Gasteiger partial charge in [0.05, 0.1) is 0 Å². The molecule has 0 aliphatic heterocycles. The number of aliphatic carboxylic acids is 1. The lowest BCUT2D eigenvalue weighted by molar-refractivity contribution is -0.191. The zero-order chi connectivity index (χ0) is 17.1. The molecule has 4 nitrogen and oxygen atoms in total. The highest BCUT2D eigenvalue weighted by atomic mass is 35.5. The third-order valence-corrected chi connectivity index (χ3v) is 3.20. The van der Waals surface area contributed by atoms with Crippen LogP contribution in [0.1, 0.15) is 19.4 Å². The van der Waals surface area contributed by atoms with Crippen molar-refractivity contribution in [2.45, 2.75) is 32.6 Å². The third-order valence-electron chi connectivity index (χ3n) is 2.97. The summed E-state index contributed by atoms with van der Waals surface area (Å²) in [5, 5.41) is 9.46. The van der Waals surface area contributed by atoms with E-state index in [1.165, 1.54) is 38.1 Å². The van der Waals surface area contributed by atoms with Gasteiger partial charge in [-0.2, -0.15) is 13.2 Å². The van der Waals surface area contributed by atoms with Gasteiger partial charge >= 0.3 is 18.1 Å². The number of hydrogen-bond acceptors (Lipinski definition) is 2. The molecule has 0 aliphatic rings. The summed E-state index contributed by atoms with van der Waals surface area (Å²) in [5.41, 5.74) is 0.317. The van der Waals surface area contributed by atoms with E-state index in [0.717, 1.165) is 0 Å². The number of amides is 1. The van der Waals surface area contributed by atoms with Crippen molar-refractivity contribution < 1.29 is 27.9 Å². The first-order valence-corrected chi connectivity index (χ1v) is 6.77. The molecule has 0 fully saturated rings. The standard InChI is InChI=1S/C14H15ClF3NO3/c1-8(2)11(12(20)21)19(13(22)14(16,17)18)7-9-4-3-5-10(15)6-9/h3-6,8,11H,7H2,1-2H3,(H,20,21). The molecule has 1 aromatic rings. The number of hydrogen-bond donors (Lipinski definition) is 1. The average molecular weight is 338 g/mol. The molecule has 1 atom stereocenters. The van der Waals surface area contributed by atoms with E-state index in [4.69, 9.17) is 11.6 Å². The number of carboxylic acids is 1. The predicted octanol–water partition coefficient (Wildman–Crippen LogP) is 3.34. The van der Waals surface area contributed by atoms with Crippen LogP contribution in [0.15, 0.2) is 24.3 Å². The molecule has 0 aromatic heterocycles. The van der Waals surface area contributed by atoms with Crippen molar-refractivity contribution in [3.63, 3.8) is 0 Å². The quantitative estimate of drug-likeness (QED) is 0.896. The van der Waals surface area contributed by atoms with Crippen LogP contribution >= 0.6 is 11.6 Å². The van der Waals surface area contributed by atoms with Crippen molar-refractivity contribution in [2.24, 2.45) is 5.92 Å². The molecule has 1 N–H and O–H groups in total. The van der Waals surface area contributed by atoms with E-state index < -0.39 is 36.6 Å². The monoisotopic (exact) mass is 337 g/mol. The first kappa shape index (κ1) is 18.3. The lowest BCUT2D eigenvalue weighted by Crippen LogP contribution is -2.52. The number of carbonyl (C=O) groups is 2. The molecule has 8 heteroatoms. The molecule has 0 heterocycles. The maximum Gasteiger partial charge on any atom is 0.471 e. The van der Waals surface area contributed by atoms with Crippen molar-refractivity contribution >= 4 is 23.5 Å². The fourth-order valence-electron chi connectivity index (χ4n) is 2.07. The van der Waals surface area contributed by atoms with Gasteiger partial charge in [0.25, 0.3) is 0 Å². The molecule has 0 aliphatic carbocycles. The Morgan fingerprint density at radius 1 is 1.32 bits per heavy atom. The Kier molecular flexibility index (Phi) is 5.82. The molecule has 1 amide bonds. The SMILES string of the molecule is CC(C)C(C(=O)O)N(Cc1cccc(Cl)c1)C(=O)C(F)(F)F. The van der Waals surface area contributed by atoms with Crippen LogP contribution in [-0.2, 0) is 16.1 Å². The lowest BCUT2D eigenvalue weighted by Gasteiger charge is -2.32. The Labute approximate surface area is 130 Å². The molecule has 1 rings (SSSR count). The van der Waals surface area contributed by atoms with Gasteiger partial charge in [0.15, 0.2) is 0 Å². The van der Waals surface area contributed by atoms with E-state index in [0.29, 0.717) is 10.5 Å². The zero-order valence-corrected chi connectivity index (χ0v) is 12.6. The zero-order valence-electron chi connectivity index (χ0n) is 11.9. The van der Waals surface area contributed by atoms with Crippen LogP contribution in [0.4, 0.5) is 13.2 Å². The minimum absolute atomic E-state index is 0.285. The minimum atomic E-state index is -5.15. The molecule has 1 unspecified atom stereocenters. The predicted molar refractivity (Wildman–Crippen MR) is 74.3 cm³/mol. The number of halogens is 4. The largest absolute Gasteiger partial charge is 0.480 e. The number of carboxylic acid groups (broad SMARTS) is 1. The highest BCUT2D eigenvalue weighted by Crippen LogP contribution is 2.25. The Morgan fingerprint density at radius 3 is 2.32 bits per heavy atom. The summed E-state index contributed by atoms with van der Waals surface area (Å²) in [7, 11) is 0. The second kappa shape index (κ2) is 7.00. The highest BCUT2D eigenvalue weighted by Gasteiger charge is 2.46. The van der Waals surface area contributed by atoms with Crippen LogP contribution in [0.5, 0.6) is 0 Å². The second-order valence-corrected chi connectivity index (χ2v) is 5.52. The topological polar surface area (TPSA) is 57.6 Å². The highest BCUT2D eigenvalue weighted by molar-refractivity contribution is 6.30. The van der Waals surface area contributed by atoms with Gasteiger partial charge in [-0.25, -0.2) is 4.79 Å². The molecule has 0 saturated carbocycles. The molecule has 0 bridgehead atoms. The van der Waals surface area contributed by atoms with Gasteiger partial charge in [0.1, 0.15) is 6.04 Å². The van der Waals surface area contributed by atoms with Crippen LogP contribution in [0.25, 0.3) is 0 Å². The van der Waals surface area contributed by atoms with Gasteiger partial charge in [-0.15, -0.1) is 0 Å². The van der Waals surface area contributed by atoms with Crippen LogP contribution in [0, 0.1) is 5.92 Å². The fourth-order valence-corrected chi connectivity index (χ4v) is 2.28. The van der Waals surface area contributed by atoms with Crippen LogP contribution in [0.2, 0.25) is 5.02 Å². The van der Waals surface area contributed by atoms with E-state index in [9.17, 15) is 27.9 Å². The van der Waals surface area contributed by atoms with Crippen LogP contribution in [0.3, 0.4) is 0 Å². The van der Waals surface area contributed by atoms with Gasteiger partial charge in [-0.1, -0.05) is 37.6 Å². The summed E-state index contributed by atoms with van der Waals surface area (Å²) >= 11 is 5.76. The molecule has 0 spiro atoms. The Morgan fingerprint density at radius 2 is 1.91 bits per heavy atom. The van der Waals surface area contributed by atoms with Gasteiger partial charge < -0.3 is 10.0 Å². The first-order valence-electron chi connectivity index (χ1n) is 6.39. The Hall–Kier alpha value is -1.76.